The van der Waals surface area contributed by atoms with E-state index in [2.05, 4.69) is 15.3 Å². The highest BCUT2D eigenvalue weighted by Gasteiger charge is 2.04. The Kier molecular flexibility index (Phi) is 1.33. The quantitative estimate of drug-likeness (QED) is 0.621. The van der Waals surface area contributed by atoms with Crippen LogP contribution in [0, 0.1) is 0 Å². The predicted octanol–water partition coefficient (Wildman–Crippen LogP) is -0.417. The van der Waals surface area contributed by atoms with Gasteiger partial charge in [-0.3, -0.25) is 9.25 Å². The molecule has 12 heavy (non-hydrogen) atoms. The second kappa shape index (κ2) is 2.33. The third kappa shape index (κ3) is 0.849. The summed E-state index contributed by atoms with van der Waals surface area (Å²) in [5, 5.41) is 11.3. The number of nitrogen functional groups attached to an aromatic ring is 1. The van der Waals surface area contributed by atoms with Gasteiger partial charge in [0.1, 0.15) is 12.1 Å². The highest BCUT2D eigenvalue weighted by Crippen LogP contribution is 2.07. The fraction of sp³-hybridized carbons (Fsp3) is 0.167. The number of hydrogen-bond acceptors (Lipinski definition) is 4. The number of nitrogens with zero attached hydrogens (tertiary/aromatic N) is 5. The van der Waals surface area contributed by atoms with Gasteiger partial charge in [-0.25, -0.2) is 0 Å². The third-order valence-corrected chi connectivity index (χ3v) is 1.62. The average molecular weight is 164 g/mol. The van der Waals surface area contributed by atoms with Gasteiger partial charge < -0.3 is 5.73 Å². The van der Waals surface area contributed by atoms with Crippen molar-refractivity contribution in [2.24, 2.45) is 7.05 Å². The van der Waals surface area contributed by atoms with Gasteiger partial charge in [0.25, 0.3) is 0 Å². The minimum absolute atomic E-state index is 0.360. The van der Waals surface area contributed by atoms with Crippen molar-refractivity contribution in [3.63, 3.8) is 0 Å². The van der Waals surface area contributed by atoms with Crippen LogP contribution in [-0.2, 0) is 7.05 Å². The van der Waals surface area contributed by atoms with E-state index < -0.39 is 0 Å². The number of aromatic nitrogens is 5. The SMILES string of the molecule is Cn1nccc1-n1cnnc1N. The molecule has 0 bridgehead atoms. The number of anilines is 1. The summed E-state index contributed by atoms with van der Waals surface area (Å²) in [6, 6.07) is 1.83. The van der Waals surface area contributed by atoms with Crippen LogP contribution in [0.25, 0.3) is 5.82 Å². The summed E-state index contributed by atoms with van der Waals surface area (Å²) in [6.45, 7) is 0. The molecule has 0 atom stereocenters. The van der Waals surface area contributed by atoms with Crippen LogP contribution in [-0.4, -0.2) is 24.5 Å². The zero-order chi connectivity index (χ0) is 8.55. The van der Waals surface area contributed by atoms with Crippen LogP contribution >= 0.6 is 0 Å². The number of aryl methyl sites for hydroxylation is 1. The molecule has 6 heteroatoms. The van der Waals surface area contributed by atoms with E-state index in [-0.39, 0.29) is 0 Å². The average Bonchev–Trinajstić information content (AvgIpc) is 2.59. The lowest BCUT2D eigenvalue weighted by Crippen LogP contribution is -2.05. The maximum atomic E-state index is 5.55. The van der Waals surface area contributed by atoms with Crippen molar-refractivity contribution in [1.82, 2.24) is 24.5 Å². The topological polar surface area (TPSA) is 74.5 Å². The largest absolute Gasteiger partial charge is 0.368 e. The van der Waals surface area contributed by atoms with Gasteiger partial charge in [0.05, 0.1) is 6.20 Å². The minimum Gasteiger partial charge on any atom is -0.368 e. The van der Waals surface area contributed by atoms with Crippen LogP contribution in [0.15, 0.2) is 18.6 Å². The van der Waals surface area contributed by atoms with Gasteiger partial charge in [-0.2, -0.15) is 5.10 Å². The van der Waals surface area contributed by atoms with E-state index in [9.17, 15) is 0 Å². The molecule has 0 aromatic carbocycles. The maximum Gasteiger partial charge on any atom is 0.227 e. The smallest absolute Gasteiger partial charge is 0.227 e. The Morgan fingerprint density at radius 3 is 2.83 bits per heavy atom. The number of rotatable bonds is 1. The molecular formula is C6H8N6. The van der Waals surface area contributed by atoms with Crippen molar-refractivity contribution in [2.45, 2.75) is 0 Å². The molecule has 0 fully saturated rings. The standard InChI is InChI=1S/C6H8N6/c1-11-5(2-3-9-11)12-4-8-10-6(12)7/h2-4H,1H3,(H2,7,10). The highest BCUT2D eigenvalue weighted by molar-refractivity contribution is 5.30. The highest BCUT2D eigenvalue weighted by atomic mass is 15.4. The van der Waals surface area contributed by atoms with E-state index >= 15 is 0 Å². The summed E-state index contributed by atoms with van der Waals surface area (Å²) in [5.74, 6) is 1.20. The first-order chi connectivity index (χ1) is 5.79. The molecule has 0 saturated heterocycles. The Hall–Kier alpha value is -1.85. The molecule has 2 rings (SSSR count). The summed E-state index contributed by atoms with van der Waals surface area (Å²) in [6.07, 6.45) is 3.24. The molecule has 62 valence electrons. The van der Waals surface area contributed by atoms with Gasteiger partial charge in [-0.05, 0) is 0 Å². The Morgan fingerprint density at radius 2 is 2.33 bits per heavy atom. The number of nitrogens with two attached hydrogens (primary N) is 1. The van der Waals surface area contributed by atoms with Crippen LogP contribution < -0.4 is 5.73 Å². The monoisotopic (exact) mass is 164 g/mol. The molecule has 6 nitrogen and oxygen atoms in total. The van der Waals surface area contributed by atoms with E-state index in [1.165, 1.54) is 0 Å². The Balaban J connectivity index is 2.57. The van der Waals surface area contributed by atoms with E-state index in [0.717, 1.165) is 5.82 Å². The maximum absolute atomic E-state index is 5.55. The molecule has 0 spiro atoms. The van der Waals surface area contributed by atoms with Crippen molar-refractivity contribution >= 4 is 5.95 Å². The molecule has 0 aliphatic heterocycles. The van der Waals surface area contributed by atoms with Gasteiger partial charge in [0.15, 0.2) is 0 Å². The van der Waals surface area contributed by atoms with Crippen molar-refractivity contribution in [2.75, 3.05) is 5.73 Å². The fourth-order valence-electron chi connectivity index (χ4n) is 1.02. The van der Waals surface area contributed by atoms with Crippen LogP contribution in [0.5, 0.6) is 0 Å². The molecule has 0 radical (unpaired) electrons. The van der Waals surface area contributed by atoms with Crippen molar-refractivity contribution in [1.29, 1.82) is 0 Å². The van der Waals surface area contributed by atoms with Crippen LogP contribution in [0.1, 0.15) is 0 Å². The van der Waals surface area contributed by atoms with E-state index in [4.69, 9.17) is 5.73 Å². The lowest BCUT2D eigenvalue weighted by molar-refractivity contribution is 0.731. The molecule has 0 aliphatic rings. The Morgan fingerprint density at radius 1 is 1.50 bits per heavy atom. The van der Waals surface area contributed by atoms with Crippen LogP contribution in [0.2, 0.25) is 0 Å². The first kappa shape index (κ1) is 6.84. The summed E-state index contributed by atoms with van der Waals surface area (Å²) in [5.41, 5.74) is 5.55. The van der Waals surface area contributed by atoms with Crippen LogP contribution in [0.4, 0.5) is 5.95 Å². The molecule has 0 aliphatic carbocycles. The molecule has 0 amide bonds. The van der Waals surface area contributed by atoms with Crippen molar-refractivity contribution in [3.05, 3.63) is 18.6 Å². The van der Waals surface area contributed by atoms with Crippen molar-refractivity contribution < 1.29 is 0 Å². The first-order valence-corrected chi connectivity index (χ1v) is 3.43. The lowest BCUT2D eigenvalue weighted by atomic mass is 10.6. The molecule has 0 unspecified atom stereocenters. The van der Waals surface area contributed by atoms with E-state index in [1.807, 2.05) is 13.1 Å². The first-order valence-electron chi connectivity index (χ1n) is 3.43. The summed E-state index contributed by atoms with van der Waals surface area (Å²) >= 11 is 0. The second-order valence-corrected chi connectivity index (χ2v) is 2.37. The van der Waals surface area contributed by atoms with Gasteiger partial charge >= 0.3 is 0 Å². The summed E-state index contributed by atoms with van der Waals surface area (Å²) in [4.78, 5) is 0. The summed E-state index contributed by atoms with van der Waals surface area (Å²) < 4.78 is 3.35. The van der Waals surface area contributed by atoms with Gasteiger partial charge in [-0.15, -0.1) is 10.2 Å². The minimum atomic E-state index is 0.360. The molecule has 0 saturated carbocycles. The van der Waals surface area contributed by atoms with E-state index in [1.54, 1.807) is 21.8 Å². The molecular weight excluding hydrogens is 156 g/mol. The lowest BCUT2D eigenvalue weighted by Gasteiger charge is -2.01. The second-order valence-electron chi connectivity index (χ2n) is 2.37. The van der Waals surface area contributed by atoms with Crippen LogP contribution in [0.3, 0.4) is 0 Å². The molecule has 2 heterocycles. The molecule has 2 N–H and O–H groups in total. The zero-order valence-electron chi connectivity index (χ0n) is 6.55. The zero-order valence-corrected chi connectivity index (χ0v) is 6.55. The van der Waals surface area contributed by atoms with Gasteiger partial charge in [0, 0.05) is 13.1 Å². The Labute approximate surface area is 68.6 Å². The Bertz CT molecular complexity index is 348. The molecule has 2 aromatic rings. The van der Waals surface area contributed by atoms with Crippen molar-refractivity contribution in [3.8, 4) is 5.82 Å². The van der Waals surface area contributed by atoms with Gasteiger partial charge in [-0.1, -0.05) is 0 Å². The third-order valence-electron chi connectivity index (χ3n) is 1.62. The predicted molar refractivity (Wildman–Crippen MR) is 42.5 cm³/mol. The normalized spacial score (nSPS) is 10.4. The molecule has 2 aromatic heterocycles. The van der Waals surface area contributed by atoms with E-state index in [0.29, 0.717) is 5.95 Å². The fourth-order valence-corrected chi connectivity index (χ4v) is 1.02. The van der Waals surface area contributed by atoms with Gasteiger partial charge in [0.2, 0.25) is 5.95 Å². The number of hydrogen-bond donors (Lipinski definition) is 1. The summed E-state index contributed by atoms with van der Waals surface area (Å²) in [7, 11) is 1.83.